The molecule has 0 spiro atoms. The third-order valence-electron chi connectivity index (χ3n) is 4.76. The van der Waals surface area contributed by atoms with E-state index in [1.807, 2.05) is 0 Å². The standard InChI is InChI=1S/C14H20N5O7P/c20-10-8(5-25-27(22,23)24)26-14(11(10)21)19-7-17-9-12(15-6-16-13(9)19)18-3-1-2-4-18/h6-8,10-11,14,20-21H,1-5H2,(H2,22,23,24)/t8-,10-,11-,14-/m1/s1. The lowest BCUT2D eigenvalue weighted by Gasteiger charge is -2.18. The summed E-state index contributed by atoms with van der Waals surface area (Å²) in [5, 5.41) is 20.5. The molecule has 4 heterocycles. The van der Waals surface area contributed by atoms with Gasteiger partial charge in [0.2, 0.25) is 0 Å². The first-order valence-electron chi connectivity index (χ1n) is 8.49. The van der Waals surface area contributed by atoms with Crippen LogP contribution in [-0.2, 0) is 13.8 Å². The first-order valence-corrected chi connectivity index (χ1v) is 10.0. The molecule has 13 heteroatoms. The molecule has 0 saturated carbocycles. The molecule has 2 fully saturated rings. The summed E-state index contributed by atoms with van der Waals surface area (Å²) in [5.74, 6) is 0.700. The number of ether oxygens (including phenoxy) is 1. The Morgan fingerprint density at radius 3 is 2.63 bits per heavy atom. The average molecular weight is 401 g/mol. The second-order valence-electron chi connectivity index (χ2n) is 6.55. The van der Waals surface area contributed by atoms with Crippen LogP contribution in [-0.4, -0.2) is 77.5 Å². The highest BCUT2D eigenvalue weighted by Crippen LogP contribution is 2.39. The molecule has 12 nitrogen and oxygen atoms in total. The van der Waals surface area contributed by atoms with E-state index in [0.717, 1.165) is 25.9 Å². The Labute approximate surface area is 153 Å². The fraction of sp³-hybridized carbons (Fsp3) is 0.643. The Morgan fingerprint density at radius 2 is 1.93 bits per heavy atom. The summed E-state index contributed by atoms with van der Waals surface area (Å²) in [6.07, 6.45) is 0.101. The van der Waals surface area contributed by atoms with E-state index in [0.29, 0.717) is 17.0 Å². The Kier molecular flexibility index (Phi) is 4.89. The SMILES string of the molecule is O=P(O)(O)OC[C@H]1O[C@@H](n2cnc3c(N4CCCC4)ncnc32)[C@H](O)[C@@H]1O. The first-order chi connectivity index (χ1) is 12.8. The number of fused-ring (bicyclic) bond motifs is 1. The minimum atomic E-state index is -4.72. The van der Waals surface area contributed by atoms with Gasteiger partial charge in [0.25, 0.3) is 0 Å². The lowest BCUT2D eigenvalue weighted by Crippen LogP contribution is -2.33. The van der Waals surface area contributed by atoms with Crippen LogP contribution in [0.2, 0.25) is 0 Å². The average Bonchev–Trinajstić information content (AvgIpc) is 3.34. The Morgan fingerprint density at radius 1 is 1.19 bits per heavy atom. The summed E-state index contributed by atoms with van der Waals surface area (Å²) >= 11 is 0. The van der Waals surface area contributed by atoms with Gasteiger partial charge in [-0.2, -0.15) is 0 Å². The smallest absolute Gasteiger partial charge is 0.387 e. The van der Waals surface area contributed by atoms with Crippen LogP contribution in [0.4, 0.5) is 5.82 Å². The van der Waals surface area contributed by atoms with Crippen LogP contribution < -0.4 is 4.90 Å². The maximum absolute atomic E-state index is 10.9. The number of hydrogen-bond acceptors (Lipinski definition) is 9. The van der Waals surface area contributed by atoms with Crippen molar-refractivity contribution >= 4 is 24.8 Å². The summed E-state index contributed by atoms with van der Waals surface area (Å²) in [6.45, 7) is 1.18. The molecule has 0 bridgehead atoms. The van der Waals surface area contributed by atoms with Crippen LogP contribution in [0.3, 0.4) is 0 Å². The molecule has 4 atom stereocenters. The van der Waals surface area contributed by atoms with E-state index in [-0.39, 0.29) is 0 Å². The number of aliphatic hydroxyl groups excluding tert-OH is 2. The fourth-order valence-corrected chi connectivity index (χ4v) is 3.79. The van der Waals surface area contributed by atoms with Crippen molar-refractivity contribution in [3.8, 4) is 0 Å². The van der Waals surface area contributed by atoms with Crippen molar-refractivity contribution in [1.82, 2.24) is 19.5 Å². The molecule has 0 amide bonds. The third kappa shape index (κ3) is 3.57. The van der Waals surface area contributed by atoms with E-state index < -0.39 is 39.0 Å². The minimum Gasteiger partial charge on any atom is -0.387 e. The Balaban J connectivity index is 1.60. The number of nitrogens with zero attached hydrogens (tertiary/aromatic N) is 5. The first kappa shape index (κ1) is 18.7. The van der Waals surface area contributed by atoms with Gasteiger partial charge in [-0.3, -0.25) is 9.09 Å². The number of anilines is 1. The number of phosphoric ester groups is 1. The van der Waals surface area contributed by atoms with Gasteiger partial charge >= 0.3 is 7.82 Å². The van der Waals surface area contributed by atoms with Gasteiger partial charge in [-0.1, -0.05) is 0 Å². The van der Waals surface area contributed by atoms with Gasteiger partial charge in [0.15, 0.2) is 23.2 Å². The molecular weight excluding hydrogens is 381 g/mol. The van der Waals surface area contributed by atoms with Crippen LogP contribution in [0.25, 0.3) is 11.2 Å². The number of hydrogen-bond donors (Lipinski definition) is 4. The largest absolute Gasteiger partial charge is 0.469 e. The Bertz CT molecular complexity index is 867. The molecular formula is C14H20N5O7P. The van der Waals surface area contributed by atoms with Crippen molar-refractivity contribution in [2.75, 3.05) is 24.6 Å². The molecule has 2 aliphatic rings. The second kappa shape index (κ2) is 7.06. The number of rotatable bonds is 5. The van der Waals surface area contributed by atoms with Crippen LogP contribution in [0, 0.1) is 0 Å². The molecule has 148 valence electrons. The molecule has 0 aromatic carbocycles. The minimum absolute atomic E-state index is 0.430. The lowest BCUT2D eigenvalue weighted by molar-refractivity contribution is -0.0504. The zero-order valence-corrected chi connectivity index (χ0v) is 15.1. The van der Waals surface area contributed by atoms with Crippen LogP contribution in [0.1, 0.15) is 19.1 Å². The van der Waals surface area contributed by atoms with Crippen molar-refractivity contribution in [3.05, 3.63) is 12.7 Å². The van der Waals surface area contributed by atoms with Crippen LogP contribution in [0.15, 0.2) is 12.7 Å². The second-order valence-corrected chi connectivity index (χ2v) is 7.79. The van der Waals surface area contributed by atoms with E-state index in [1.165, 1.54) is 17.2 Å². The van der Waals surface area contributed by atoms with Crippen LogP contribution >= 0.6 is 7.82 Å². The fourth-order valence-electron chi connectivity index (χ4n) is 3.45. The van der Waals surface area contributed by atoms with Gasteiger partial charge < -0.3 is 29.6 Å². The predicted octanol–water partition coefficient (Wildman–Crippen LogP) is -0.845. The highest BCUT2D eigenvalue weighted by molar-refractivity contribution is 7.46. The summed E-state index contributed by atoms with van der Waals surface area (Å²) in [7, 11) is -4.72. The molecule has 0 unspecified atom stereocenters. The van der Waals surface area contributed by atoms with E-state index in [2.05, 4.69) is 24.4 Å². The number of aliphatic hydroxyl groups is 2. The van der Waals surface area contributed by atoms with E-state index in [1.54, 1.807) is 0 Å². The number of aromatic nitrogens is 4. The van der Waals surface area contributed by atoms with E-state index in [9.17, 15) is 14.8 Å². The van der Waals surface area contributed by atoms with Gasteiger partial charge in [0.1, 0.15) is 24.6 Å². The molecule has 2 aromatic rings. The van der Waals surface area contributed by atoms with Gasteiger partial charge in [-0.25, -0.2) is 19.5 Å². The van der Waals surface area contributed by atoms with Crippen LogP contribution in [0.5, 0.6) is 0 Å². The van der Waals surface area contributed by atoms with Gasteiger partial charge in [-0.15, -0.1) is 0 Å². The van der Waals surface area contributed by atoms with E-state index >= 15 is 0 Å². The lowest BCUT2D eigenvalue weighted by atomic mass is 10.1. The molecule has 2 aromatic heterocycles. The maximum Gasteiger partial charge on any atom is 0.469 e. The van der Waals surface area contributed by atoms with Gasteiger partial charge in [0.05, 0.1) is 12.9 Å². The maximum atomic E-state index is 10.9. The molecule has 2 saturated heterocycles. The molecule has 0 aliphatic carbocycles. The van der Waals surface area contributed by atoms with Gasteiger partial charge in [0, 0.05) is 13.1 Å². The van der Waals surface area contributed by atoms with E-state index in [4.69, 9.17) is 14.5 Å². The summed E-state index contributed by atoms with van der Waals surface area (Å²) in [5.41, 5.74) is 0.985. The topological polar surface area (TPSA) is 163 Å². The van der Waals surface area contributed by atoms with Gasteiger partial charge in [-0.05, 0) is 12.8 Å². The zero-order valence-electron chi connectivity index (χ0n) is 14.2. The highest BCUT2D eigenvalue weighted by Gasteiger charge is 2.45. The molecule has 4 N–H and O–H groups in total. The molecule has 2 aliphatic heterocycles. The van der Waals surface area contributed by atoms with Crippen molar-refractivity contribution in [2.24, 2.45) is 0 Å². The zero-order chi connectivity index (χ0) is 19.2. The normalized spacial score (nSPS) is 29.1. The molecule has 27 heavy (non-hydrogen) atoms. The summed E-state index contributed by atoms with van der Waals surface area (Å²) in [6, 6.07) is 0. The predicted molar refractivity (Wildman–Crippen MR) is 90.7 cm³/mol. The van der Waals surface area contributed by atoms with Crippen molar-refractivity contribution in [3.63, 3.8) is 0 Å². The summed E-state index contributed by atoms with van der Waals surface area (Å²) in [4.78, 5) is 32.6. The van der Waals surface area contributed by atoms with Crippen molar-refractivity contribution in [1.29, 1.82) is 0 Å². The monoisotopic (exact) mass is 401 g/mol. The third-order valence-corrected chi connectivity index (χ3v) is 5.25. The Hall–Kier alpha value is -1.66. The number of imidazole rings is 1. The molecule has 0 radical (unpaired) electrons. The number of phosphoric acid groups is 1. The quantitative estimate of drug-likeness (QED) is 0.462. The molecule has 4 rings (SSSR count). The summed E-state index contributed by atoms with van der Waals surface area (Å²) < 4.78 is 22.3. The van der Waals surface area contributed by atoms with Crippen molar-refractivity contribution < 1.29 is 33.8 Å². The van der Waals surface area contributed by atoms with Crippen molar-refractivity contribution in [2.45, 2.75) is 37.4 Å². The highest BCUT2D eigenvalue weighted by atomic mass is 31.2.